The summed E-state index contributed by atoms with van der Waals surface area (Å²) in [7, 11) is 1.50. The number of aryl methyl sites for hydroxylation is 1. The average Bonchev–Trinajstić information content (AvgIpc) is 3.09. The Hall–Kier alpha value is -6.12. The third-order valence-electron chi connectivity index (χ3n) is 6.22. The molecule has 11 heteroatoms. The largest absolute Gasteiger partial charge is 0.497 e. The highest BCUT2D eigenvalue weighted by Crippen LogP contribution is 2.33. The number of amidine groups is 1. The third kappa shape index (κ3) is 3.86. The average molecular weight is 515 g/mol. The van der Waals surface area contributed by atoms with Crippen molar-refractivity contribution in [1.29, 1.82) is 15.8 Å². The number of hydrogen-bond acceptors (Lipinski definition) is 10. The number of aromatic nitrogens is 1. The van der Waals surface area contributed by atoms with Gasteiger partial charge < -0.3 is 14.9 Å². The quantitative estimate of drug-likeness (QED) is 0.414. The van der Waals surface area contributed by atoms with Crippen molar-refractivity contribution in [1.82, 2.24) is 4.68 Å². The van der Waals surface area contributed by atoms with Crippen LogP contribution in [0.25, 0.3) is 27.8 Å². The van der Waals surface area contributed by atoms with Crippen LogP contribution in [0.1, 0.15) is 22.3 Å². The number of nitriles is 3. The zero-order valence-corrected chi connectivity index (χ0v) is 20.6. The number of benzene rings is 2. The lowest BCUT2D eigenvalue weighted by Crippen LogP contribution is -2.31. The minimum atomic E-state index is -0.910. The molecule has 0 bridgehead atoms. The summed E-state index contributed by atoms with van der Waals surface area (Å²) in [4.78, 5) is 31.4. The molecule has 5 rings (SSSR count). The topological polar surface area (TPSA) is 183 Å². The van der Waals surface area contributed by atoms with Crippen molar-refractivity contribution in [3.8, 4) is 35.1 Å². The number of fused-ring (bicyclic) bond motifs is 2. The molecule has 188 valence electrons. The van der Waals surface area contributed by atoms with Gasteiger partial charge in [-0.2, -0.15) is 20.5 Å². The fraction of sp³-hybridized carbons (Fsp3) is 0.0714. The number of rotatable bonds is 3. The molecule has 0 spiro atoms. The molecule has 0 saturated carbocycles. The van der Waals surface area contributed by atoms with E-state index in [-0.39, 0.29) is 45.0 Å². The second kappa shape index (κ2) is 9.40. The first kappa shape index (κ1) is 24.6. The molecule has 0 radical (unpaired) electrons. The molecule has 0 fully saturated rings. The van der Waals surface area contributed by atoms with Crippen molar-refractivity contribution >= 4 is 28.3 Å². The van der Waals surface area contributed by atoms with Crippen LogP contribution < -0.4 is 26.9 Å². The molecule has 0 amide bonds. The molecule has 0 aliphatic carbocycles. The fourth-order valence-corrected chi connectivity index (χ4v) is 4.32. The molecule has 39 heavy (non-hydrogen) atoms. The first-order valence-electron chi connectivity index (χ1n) is 11.4. The van der Waals surface area contributed by atoms with E-state index in [1.165, 1.54) is 7.11 Å². The van der Waals surface area contributed by atoms with Crippen molar-refractivity contribution in [2.45, 2.75) is 6.92 Å². The highest BCUT2D eigenvalue weighted by atomic mass is 16.5. The minimum Gasteiger partial charge on any atom is -0.497 e. The van der Waals surface area contributed by atoms with Crippen molar-refractivity contribution < 1.29 is 9.15 Å². The van der Waals surface area contributed by atoms with Gasteiger partial charge in [0.15, 0.2) is 5.82 Å². The predicted octanol–water partition coefficient (Wildman–Crippen LogP) is 3.16. The number of nitrogens with two attached hydrogens (primary N) is 1. The van der Waals surface area contributed by atoms with Gasteiger partial charge in [0.05, 0.1) is 23.8 Å². The Bertz CT molecular complexity index is 2010. The van der Waals surface area contributed by atoms with Crippen LogP contribution in [0.2, 0.25) is 0 Å². The Kier molecular flexibility index (Phi) is 5.92. The Morgan fingerprint density at radius 1 is 1.03 bits per heavy atom. The van der Waals surface area contributed by atoms with Gasteiger partial charge in [0.25, 0.3) is 5.56 Å². The molecule has 0 saturated heterocycles. The van der Waals surface area contributed by atoms with E-state index in [0.29, 0.717) is 16.9 Å². The van der Waals surface area contributed by atoms with Crippen LogP contribution in [0, 0.1) is 40.9 Å². The van der Waals surface area contributed by atoms with Gasteiger partial charge in [-0.1, -0.05) is 11.6 Å². The summed E-state index contributed by atoms with van der Waals surface area (Å²) in [5.41, 5.74) is 7.92. The Labute approximate surface area is 220 Å². The number of pyridine rings is 1. The Morgan fingerprint density at radius 3 is 2.38 bits per heavy atom. The normalized spacial score (nSPS) is 12.3. The van der Waals surface area contributed by atoms with Crippen molar-refractivity contribution in [3.05, 3.63) is 97.1 Å². The van der Waals surface area contributed by atoms with E-state index in [4.69, 9.17) is 14.9 Å². The van der Waals surface area contributed by atoms with Gasteiger partial charge in [0.1, 0.15) is 58.3 Å². The molecular formula is C28H17N7O4. The lowest BCUT2D eigenvalue weighted by molar-refractivity contribution is 0.415. The van der Waals surface area contributed by atoms with Gasteiger partial charge >= 0.3 is 0 Å². The summed E-state index contributed by atoms with van der Waals surface area (Å²) >= 11 is 0. The van der Waals surface area contributed by atoms with Gasteiger partial charge in [-0.25, -0.2) is 4.99 Å². The summed E-state index contributed by atoms with van der Waals surface area (Å²) in [6.07, 6.45) is 1.10. The standard InChI is InChI=1S/C28H17N7O4/c1-14-3-8-22-17(9-14)25(36)21(13-39-22)23-18(10-29)27-33-26(32)20(12-31)24(15-4-6-16(38-2)7-5-15)34-35(27)28(37)19(23)11-30/h3-9,13,34H,1-2H3,(H2,32,33). The van der Waals surface area contributed by atoms with Crippen LogP contribution >= 0.6 is 0 Å². The fourth-order valence-electron chi connectivity index (χ4n) is 4.32. The number of methoxy groups -OCH3 is 1. The number of hydrogen-bond donors (Lipinski definition) is 2. The summed E-state index contributed by atoms with van der Waals surface area (Å²) in [5, 5.41) is 30.3. The maximum Gasteiger partial charge on any atom is 0.289 e. The molecule has 1 aliphatic heterocycles. The molecule has 4 aromatic rings. The zero-order chi connectivity index (χ0) is 27.8. The zero-order valence-electron chi connectivity index (χ0n) is 20.6. The van der Waals surface area contributed by atoms with E-state index in [2.05, 4.69) is 10.4 Å². The van der Waals surface area contributed by atoms with E-state index in [9.17, 15) is 25.4 Å². The Balaban J connectivity index is 1.84. The number of aliphatic imine (C=N–C) groups is 1. The van der Waals surface area contributed by atoms with E-state index in [1.807, 2.05) is 18.2 Å². The van der Waals surface area contributed by atoms with Gasteiger partial charge in [-0.05, 0) is 43.3 Å². The highest BCUT2D eigenvalue weighted by molar-refractivity contribution is 6.10. The first-order valence-corrected chi connectivity index (χ1v) is 11.4. The van der Waals surface area contributed by atoms with Crippen LogP contribution in [0.5, 0.6) is 5.75 Å². The maximum atomic E-state index is 13.7. The van der Waals surface area contributed by atoms with E-state index in [0.717, 1.165) is 16.5 Å². The minimum absolute atomic E-state index is 0.104. The van der Waals surface area contributed by atoms with Gasteiger partial charge in [-0.15, -0.1) is 0 Å². The molecule has 3 heterocycles. The van der Waals surface area contributed by atoms with E-state index >= 15 is 0 Å². The van der Waals surface area contributed by atoms with Crippen molar-refractivity contribution in [2.24, 2.45) is 10.7 Å². The Morgan fingerprint density at radius 2 is 1.74 bits per heavy atom. The van der Waals surface area contributed by atoms with Crippen LogP contribution in [-0.2, 0) is 0 Å². The third-order valence-corrected chi connectivity index (χ3v) is 6.22. The molecular weight excluding hydrogens is 498 g/mol. The number of nitrogens with one attached hydrogen (secondary N) is 1. The molecule has 0 unspecified atom stereocenters. The number of ether oxygens (including phenoxy) is 1. The smallest absolute Gasteiger partial charge is 0.289 e. The maximum absolute atomic E-state index is 13.7. The molecule has 0 atom stereocenters. The van der Waals surface area contributed by atoms with Crippen molar-refractivity contribution in [3.63, 3.8) is 0 Å². The lowest BCUT2D eigenvalue weighted by Gasteiger charge is -2.17. The van der Waals surface area contributed by atoms with Crippen LogP contribution in [-0.4, -0.2) is 17.6 Å². The van der Waals surface area contributed by atoms with E-state index < -0.39 is 16.6 Å². The van der Waals surface area contributed by atoms with Crippen LogP contribution in [0.4, 0.5) is 5.82 Å². The molecule has 1 aliphatic rings. The molecule has 2 aromatic heterocycles. The SMILES string of the molecule is COc1ccc(C2=C(C#N)C(N)=Nc3c(C#N)c(-c4coc5ccc(C)cc5c4=O)c(C#N)c(=O)n3N2)cc1. The second-order valence-electron chi connectivity index (χ2n) is 8.49. The summed E-state index contributed by atoms with van der Waals surface area (Å²) in [6.45, 7) is 1.80. The summed E-state index contributed by atoms with van der Waals surface area (Å²) < 4.78 is 11.7. The van der Waals surface area contributed by atoms with Crippen LogP contribution in [0.15, 0.2) is 73.3 Å². The van der Waals surface area contributed by atoms with Gasteiger partial charge in [0, 0.05) is 11.1 Å². The van der Waals surface area contributed by atoms with Crippen molar-refractivity contribution in [2.75, 3.05) is 12.5 Å². The second-order valence-corrected chi connectivity index (χ2v) is 8.49. The molecule has 3 N–H and O–H groups in total. The predicted molar refractivity (Wildman–Crippen MR) is 143 cm³/mol. The van der Waals surface area contributed by atoms with Gasteiger partial charge in [-0.3, -0.25) is 15.0 Å². The molecule has 2 aromatic carbocycles. The number of nitrogens with zero attached hydrogens (tertiary/aromatic N) is 5. The summed E-state index contributed by atoms with van der Waals surface area (Å²) in [5.74, 6) is -0.0120. The first-order chi connectivity index (χ1) is 18.8. The lowest BCUT2D eigenvalue weighted by atomic mass is 9.96. The van der Waals surface area contributed by atoms with E-state index in [1.54, 1.807) is 49.4 Å². The van der Waals surface area contributed by atoms with Crippen LogP contribution in [0.3, 0.4) is 0 Å². The van der Waals surface area contributed by atoms with Gasteiger partial charge in [0.2, 0.25) is 5.43 Å². The molecule has 11 nitrogen and oxygen atoms in total. The monoisotopic (exact) mass is 515 g/mol. The highest BCUT2D eigenvalue weighted by Gasteiger charge is 2.29. The summed E-state index contributed by atoms with van der Waals surface area (Å²) in [6, 6.07) is 17.3.